The lowest BCUT2D eigenvalue weighted by molar-refractivity contribution is -0.123. The van der Waals surface area contributed by atoms with Crippen molar-refractivity contribution < 1.29 is 9.59 Å². The molecule has 4 atom stereocenters. The Labute approximate surface area is 126 Å². The molecule has 0 radical (unpaired) electrons. The Morgan fingerprint density at radius 3 is 2.10 bits per heavy atom. The molecule has 0 unspecified atom stereocenters. The van der Waals surface area contributed by atoms with Crippen LogP contribution in [-0.4, -0.2) is 11.8 Å². The molecule has 2 bridgehead atoms. The van der Waals surface area contributed by atoms with Gasteiger partial charge in [-0.25, -0.2) is 4.90 Å². The lowest BCUT2D eigenvalue weighted by Crippen LogP contribution is -2.32. The molecular weight excluding hydrogens is 297 g/mol. The van der Waals surface area contributed by atoms with Crippen LogP contribution < -0.4 is 4.90 Å². The minimum absolute atomic E-state index is 0.102. The summed E-state index contributed by atoms with van der Waals surface area (Å²) in [6, 6.07) is 4.86. The first-order chi connectivity index (χ1) is 9.58. The van der Waals surface area contributed by atoms with Gasteiger partial charge in [0.25, 0.3) is 0 Å². The lowest BCUT2D eigenvalue weighted by atomic mass is 9.85. The number of carbonyl (C=O) groups excluding carboxylic acids is 2. The maximum Gasteiger partial charge on any atom is 0.238 e. The highest BCUT2D eigenvalue weighted by atomic mass is 35.5. The third kappa shape index (κ3) is 1.48. The van der Waals surface area contributed by atoms with Gasteiger partial charge in [0.15, 0.2) is 0 Å². The average Bonchev–Trinajstić information content (AvgIpc) is 3.08. The number of allylic oxidation sites excluding steroid dienone is 2. The molecule has 4 rings (SSSR count). The quantitative estimate of drug-likeness (QED) is 0.589. The highest BCUT2D eigenvalue weighted by Crippen LogP contribution is 2.53. The maximum absolute atomic E-state index is 12.6. The van der Waals surface area contributed by atoms with Crippen LogP contribution >= 0.6 is 23.2 Å². The molecule has 1 saturated carbocycles. The van der Waals surface area contributed by atoms with Crippen molar-refractivity contribution in [2.24, 2.45) is 23.7 Å². The van der Waals surface area contributed by atoms with Crippen LogP contribution in [0.15, 0.2) is 30.4 Å². The molecule has 1 saturated heterocycles. The van der Waals surface area contributed by atoms with Crippen molar-refractivity contribution >= 4 is 40.7 Å². The second-order valence-electron chi connectivity index (χ2n) is 5.61. The van der Waals surface area contributed by atoms with Gasteiger partial charge in [0.1, 0.15) is 0 Å². The topological polar surface area (TPSA) is 37.4 Å². The number of benzene rings is 1. The molecule has 1 heterocycles. The normalized spacial score (nSPS) is 34.2. The van der Waals surface area contributed by atoms with E-state index in [-0.39, 0.29) is 35.5 Å². The van der Waals surface area contributed by atoms with Gasteiger partial charge < -0.3 is 0 Å². The van der Waals surface area contributed by atoms with Crippen LogP contribution in [0.5, 0.6) is 0 Å². The van der Waals surface area contributed by atoms with Crippen molar-refractivity contribution in [3.05, 3.63) is 40.4 Å². The van der Waals surface area contributed by atoms with Crippen molar-refractivity contribution in [1.82, 2.24) is 0 Å². The van der Waals surface area contributed by atoms with Gasteiger partial charge in [-0.15, -0.1) is 0 Å². The van der Waals surface area contributed by atoms with Gasteiger partial charge in [-0.3, -0.25) is 9.59 Å². The highest BCUT2D eigenvalue weighted by molar-refractivity contribution is 6.42. The van der Waals surface area contributed by atoms with Gasteiger partial charge in [0, 0.05) is 0 Å². The van der Waals surface area contributed by atoms with Gasteiger partial charge in [0.05, 0.1) is 27.6 Å². The molecule has 2 aliphatic carbocycles. The second-order valence-corrected chi connectivity index (χ2v) is 6.42. The summed E-state index contributed by atoms with van der Waals surface area (Å²) < 4.78 is 0. The minimum atomic E-state index is -0.188. The van der Waals surface area contributed by atoms with Crippen LogP contribution in [0.2, 0.25) is 10.0 Å². The zero-order chi connectivity index (χ0) is 14.0. The van der Waals surface area contributed by atoms with E-state index in [0.29, 0.717) is 15.7 Å². The molecule has 2 fully saturated rings. The van der Waals surface area contributed by atoms with E-state index >= 15 is 0 Å². The summed E-state index contributed by atoms with van der Waals surface area (Å²) in [4.78, 5) is 26.4. The summed E-state index contributed by atoms with van der Waals surface area (Å²) in [6.07, 6.45) is 5.09. The Hall–Kier alpha value is -1.32. The van der Waals surface area contributed by atoms with E-state index in [2.05, 4.69) is 12.2 Å². The fourth-order valence-electron chi connectivity index (χ4n) is 3.78. The molecule has 0 aromatic heterocycles. The molecule has 2 amide bonds. The number of imide groups is 1. The third-order valence-corrected chi connectivity index (χ3v) is 5.37. The van der Waals surface area contributed by atoms with Gasteiger partial charge in [-0.2, -0.15) is 0 Å². The van der Waals surface area contributed by atoms with E-state index < -0.39 is 0 Å². The summed E-state index contributed by atoms with van der Waals surface area (Å²) in [5.74, 6) is -0.146. The number of anilines is 1. The van der Waals surface area contributed by atoms with Gasteiger partial charge in [-0.05, 0) is 36.5 Å². The van der Waals surface area contributed by atoms with E-state index in [4.69, 9.17) is 23.2 Å². The third-order valence-electron chi connectivity index (χ3n) is 4.63. The van der Waals surface area contributed by atoms with E-state index in [9.17, 15) is 9.59 Å². The predicted molar refractivity (Wildman–Crippen MR) is 76.7 cm³/mol. The molecule has 0 N–H and O–H groups in total. The maximum atomic E-state index is 12.6. The summed E-state index contributed by atoms with van der Waals surface area (Å²) in [6.45, 7) is 0. The van der Waals surface area contributed by atoms with Crippen LogP contribution in [0.4, 0.5) is 5.69 Å². The molecule has 1 aromatic carbocycles. The van der Waals surface area contributed by atoms with E-state index in [1.54, 1.807) is 18.2 Å². The van der Waals surface area contributed by atoms with Crippen LogP contribution in [0.3, 0.4) is 0 Å². The minimum Gasteiger partial charge on any atom is -0.274 e. The largest absolute Gasteiger partial charge is 0.274 e. The molecule has 20 heavy (non-hydrogen) atoms. The summed E-state index contributed by atoms with van der Waals surface area (Å²) in [5, 5.41) is 0.763. The summed E-state index contributed by atoms with van der Waals surface area (Å²) in [5.41, 5.74) is 0.517. The highest BCUT2D eigenvalue weighted by Gasteiger charge is 2.59. The molecule has 3 nitrogen and oxygen atoms in total. The molecule has 1 aliphatic heterocycles. The Morgan fingerprint density at radius 2 is 1.55 bits per heavy atom. The van der Waals surface area contributed by atoms with E-state index in [1.807, 2.05) is 0 Å². The molecule has 3 aliphatic rings. The Balaban J connectivity index is 1.76. The molecule has 102 valence electrons. The molecule has 1 aromatic rings. The lowest BCUT2D eigenvalue weighted by Gasteiger charge is -2.17. The van der Waals surface area contributed by atoms with Crippen LogP contribution in [0.25, 0.3) is 0 Å². The summed E-state index contributed by atoms with van der Waals surface area (Å²) >= 11 is 11.9. The number of carbonyl (C=O) groups is 2. The smallest absolute Gasteiger partial charge is 0.238 e. The fourth-order valence-corrected chi connectivity index (χ4v) is 4.07. The first-order valence-electron chi connectivity index (χ1n) is 6.59. The first-order valence-corrected chi connectivity index (χ1v) is 7.34. The Bertz CT molecular complexity index is 640. The van der Waals surface area contributed by atoms with Crippen LogP contribution in [-0.2, 0) is 9.59 Å². The first kappa shape index (κ1) is 12.4. The number of hydrogen-bond donors (Lipinski definition) is 0. The zero-order valence-corrected chi connectivity index (χ0v) is 11.9. The van der Waals surface area contributed by atoms with E-state index in [1.165, 1.54) is 4.90 Å². The van der Waals surface area contributed by atoms with Crippen molar-refractivity contribution in [3.8, 4) is 0 Å². The molecule has 5 heteroatoms. The van der Waals surface area contributed by atoms with Gasteiger partial charge in [-0.1, -0.05) is 35.4 Å². The number of fused-ring (bicyclic) bond motifs is 5. The van der Waals surface area contributed by atoms with Crippen molar-refractivity contribution in [3.63, 3.8) is 0 Å². The zero-order valence-electron chi connectivity index (χ0n) is 10.4. The summed E-state index contributed by atoms with van der Waals surface area (Å²) in [7, 11) is 0. The average molecular weight is 308 g/mol. The fraction of sp³-hybridized carbons (Fsp3) is 0.333. The second kappa shape index (κ2) is 4.09. The van der Waals surface area contributed by atoms with Gasteiger partial charge in [0.2, 0.25) is 11.8 Å². The number of halogens is 2. The van der Waals surface area contributed by atoms with Gasteiger partial charge >= 0.3 is 0 Å². The standard InChI is InChI=1S/C15H11Cl2NO2/c16-10-4-3-9(6-11(10)17)18-14(19)12-7-1-2-8(5-7)13(12)15(18)20/h1-4,6-8,12-13H,5H2/t7-,8-,12-,13-/m0/s1. The van der Waals surface area contributed by atoms with Crippen molar-refractivity contribution in [2.45, 2.75) is 6.42 Å². The SMILES string of the molecule is O=C1[C@@H]2[C@@H](C(=O)N1c1ccc(Cl)c(Cl)c1)[C@H]1C=C[C@H]2C1. The molecule has 0 spiro atoms. The monoisotopic (exact) mass is 307 g/mol. The molecular formula is C15H11Cl2NO2. The van der Waals surface area contributed by atoms with Crippen LogP contribution in [0.1, 0.15) is 6.42 Å². The predicted octanol–water partition coefficient (Wildman–Crippen LogP) is 3.30. The van der Waals surface area contributed by atoms with E-state index in [0.717, 1.165) is 6.42 Å². The number of nitrogens with zero attached hydrogens (tertiary/aromatic N) is 1. The van der Waals surface area contributed by atoms with Crippen molar-refractivity contribution in [1.29, 1.82) is 0 Å². The number of amides is 2. The Morgan fingerprint density at radius 1 is 0.950 bits per heavy atom. The Kier molecular flexibility index (Phi) is 2.54. The number of hydrogen-bond acceptors (Lipinski definition) is 2. The van der Waals surface area contributed by atoms with Crippen molar-refractivity contribution in [2.75, 3.05) is 4.90 Å². The number of rotatable bonds is 1. The van der Waals surface area contributed by atoms with Crippen LogP contribution in [0, 0.1) is 23.7 Å².